The Morgan fingerprint density at radius 1 is 1.26 bits per heavy atom. The zero-order valence-corrected chi connectivity index (χ0v) is 10.1. The predicted molar refractivity (Wildman–Crippen MR) is 63.7 cm³/mol. The van der Waals surface area contributed by atoms with E-state index in [1.54, 1.807) is 6.08 Å². The quantitative estimate of drug-likeness (QED) is 0.847. The maximum atomic E-state index is 12.7. The van der Waals surface area contributed by atoms with Gasteiger partial charge in [0, 0.05) is 5.56 Å². The van der Waals surface area contributed by atoms with Gasteiger partial charge in [0.15, 0.2) is 0 Å². The Morgan fingerprint density at radius 3 is 2.53 bits per heavy atom. The van der Waals surface area contributed by atoms with E-state index >= 15 is 0 Å². The minimum Gasteiger partial charge on any atom is -0.483 e. The lowest BCUT2D eigenvalue weighted by molar-refractivity contribution is -0.137. The van der Waals surface area contributed by atoms with Gasteiger partial charge in [0.2, 0.25) is 0 Å². The van der Waals surface area contributed by atoms with Crippen LogP contribution >= 0.6 is 0 Å². The lowest BCUT2D eigenvalue weighted by Gasteiger charge is -2.43. The topological polar surface area (TPSA) is 29.5 Å². The van der Waals surface area contributed by atoms with Crippen LogP contribution in [0.3, 0.4) is 0 Å². The van der Waals surface area contributed by atoms with Gasteiger partial charge in [0.25, 0.3) is 0 Å². The van der Waals surface area contributed by atoms with E-state index in [-0.39, 0.29) is 6.61 Å². The van der Waals surface area contributed by atoms with E-state index in [4.69, 9.17) is 4.74 Å². The Kier molecular flexibility index (Phi) is 2.64. The lowest BCUT2D eigenvalue weighted by atomic mass is 9.76. The number of aliphatic hydroxyl groups is 1. The van der Waals surface area contributed by atoms with Crippen LogP contribution in [-0.4, -0.2) is 17.3 Å². The van der Waals surface area contributed by atoms with Crippen molar-refractivity contribution in [3.05, 3.63) is 35.4 Å². The average molecular weight is 270 g/mol. The van der Waals surface area contributed by atoms with Gasteiger partial charge >= 0.3 is 6.18 Å². The fraction of sp³-hybridized carbons (Fsp3) is 0.429. The monoisotopic (exact) mass is 270 g/mol. The van der Waals surface area contributed by atoms with Crippen molar-refractivity contribution in [3.8, 4) is 5.75 Å². The molecule has 0 atom stereocenters. The first-order valence-electron chi connectivity index (χ1n) is 6.17. The summed E-state index contributed by atoms with van der Waals surface area (Å²) >= 11 is 0. The molecule has 0 aromatic heterocycles. The van der Waals surface area contributed by atoms with Crippen molar-refractivity contribution in [1.82, 2.24) is 0 Å². The number of ether oxygens (including phenoxy) is 1. The van der Waals surface area contributed by atoms with Crippen molar-refractivity contribution in [3.63, 3.8) is 0 Å². The van der Waals surface area contributed by atoms with Crippen molar-refractivity contribution in [2.45, 2.75) is 31.0 Å². The normalized spacial score (nSPS) is 20.3. The number of rotatable bonds is 1. The number of hydrogen-bond acceptors (Lipinski definition) is 2. The second kappa shape index (κ2) is 4.00. The number of hydrogen-bond donors (Lipinski definition) is 1. The molecule has 1 N–H and O–H groups in total. The Morgan fingerprint density at radius 2 is 2.00 bits per heavy atom. The first-order chi connectivity index (χ1) is 8.93. The highest BCUT2D eigenvalue weighted by Gasteiger charge is 2.41. The molecule has 1 saturated carbocycles. The third-order valence-electron chi connectivity index (χ3n) is 3.77. The minimum absolute atomic E-state index is 0.278. The fourth-order valence-corrected chi connectivity index (χ4v) is 2.59. The number of halogens is 3. The molecule has 1 heterocycles. The molecule has 1 aromatic carbocycles. The number of benzene rings is 1. The molecule has 1 spiro atoms. The fourth-order valence-electron chi connectivity index (χ4n) is 2.59. The van der Waals surface area contributed by atoms with Gasteiger partial charge in [-0.05, 0) is 49.1 Å². The van der Waals surface area contributed by atoms with E-state index < -0.39 is 17.3 Å². The largest absolute Gasteiger partial charge is 0.483 e. The summed E-state index contributed by atoms with van der Waals surface area (Å²) in [6.45, 7) is -0.278. The first kappa shape index (κ1) is 12.5. The molecule has 2 nitrogen and oxygen atoms in total. The predicted octanol–water partition coefficient (Wildman–Crippen LogP) is 3.40. The summed E-state index contributed by atoms with van der Waals surface area (Å²) in [5, 5.41) is 9.38. The summed E-state index contributed by atoms with van der Waals surface area (Å²) in [4.78, 5) is 0. The third-order valence-corrected chi connectivity index (χ3v) is 3.77. The van der Waals surface area contributed by atoms with Crippen molar-refractivity contribution in [2.75, 3.05) is 6.61 Å². The molecule has 2 aliphatic rings. The van der Waals surface area contributed by atoms with Crippen molar-refractivity contribution >= 4 is 5.57 Å². The lowest BCUT2D eigenvalue weighted by Crippen LogP contribution is -2.43. The Bertz CT molecular complexity index is 542. The SMILES string of the molecule is OCC1=CC2(CCC2)Oc2ccc(C(F)(F)F)cc21. The molecule has 102 valence electrons. The summed E-state index contributed by atoms with van der Waals surface area (Å²) in [6.07, 6.45) is 0.110. The molecule has 0 unspecified atom stereocenters. The van der Waals surface area contributed by atoms with Gasteiger partial charge < -0.3 is 9.84 Å². The molecule has 5 heteroatoms. The van der Waals surface area contributed by atoms with Gasteiger partial charge in [-0.3, -0.25) is 0 Å². The number of fused-ring (bicyclic) bond motifs is 1. The Labute approximate surface area is 108 Å². The van der Waals surface area contributed by atoms with Crippen LogP contribution in [0.1, 0.15) is 30.4 Å². The molecule has 1 fully saturated rings. The summed E-state index contributed by atoms with van der Waals surface area (Å²) in [5.41, 5.74) is -0.272. The van der Waals surface area contributed by atoms with Crippen LogP contribution in [-0.2, 0) is 6.18 Å². The van der Waals surface area contributed by atoms with Crippen molar-refractivity contribution in [2.24, 2.45) is 0 Å². The molecule has 0 radical (unpaired) electrons. The molecule has 0 saturated heterocycles. The van der Waals surface area contributed by atoms with Gasteiger partial charge in [-0.25, -0.2) is 0 Å². The maximum absolute atomic E-state index is 12.7. The molecule has 1 aliphatic carbocycles. The van der Waals surface area contributed by atoms with E-state index in [1.165, 1.54) is 6.07 Å². The molecule has 0 bridgehead atoms. The molecule has 0 amide bonds. The van der Waals surface area contributed by atoms with Crippen LogP contribution in [0.25, 0.3) is 5.57 Å². The highest BCUT2D eigenvalue weighted by molar-refractivity contribution is 5.75. The smallest absolute Gasteiger partial charge is 0.416 e. The molecule has 3 rings (SSSR count). The Balaban J connectivity index is 2.06. The Hall–Kier alpha value is -1.49. The highest BCUT2D eigenvalue weighted by Crippen LogP contribution is 2.46. The summed E-state index contributed by atoms with van der Waals surface area (Å²) in [5.74, 6) is 0.430. The van der Waals surface area contributed by atoms with E-state index in [2.05, 4.69) is 0 Å². The number of aliphatic hydroxyl groups excluding tert-OH is 1. The van der Waals surface area contributed by atoms with Crippen molar-refractivity contribution in [1.29, 1.82) is 0 Å². The van der Waals surface area contributed by atoms with E-state index in [0.717, 1.165) is 31.4 Å². The molecular formula is C14H13F3O2. The zero-order chi connectivity index (χ0) is 13.7. The highest BCUT2D eigenvalue weighted by atomic mass is 19.4. The van der Waals surface area contributed by atoms with Gasteiger partial charge in [0.1, 0.15) is 11.4 Å². The van der Waals surface area contributed by atoms with Gasteiger partial charge in [-0.1, -0.05) is 0 Å². The van der Waals surface area contributed by atoms with Crippen LogP contribution in [0, 0.1) is 0 Å². The molecule has 19 heavy (non-hydrogen) atoms. The van der Waals surface area contributed by atoms with Gasteiger partial charge in [-0.15, -0.1) is 0 Å². The molecule has 1 aromatic rings. The van der Waals surface area contributed by atoms with Crippen molar-refractivity contribution < 1.29 is 23.0 Å². The maximum Gasteiger partial charge on any atom is 0.416 e. The second-order valence-corrected chi connectivity index (χ2v) is 5.06. The minimum atomic E-state index is -4.39. The van der Waals surface area contributed by atoms with Crippen LogP contribution in [0.15, 0.2) is 24.3 Å². The zero-order valence-electron chi connectivity index (χ0n) is 10.1. The van der Waals surface area contributed by atoms with Crippen LogP contribution in [0.5, 0.6) is 5.75 Å². The summed E-state index contributed by atoms with van der Waals surface area (Å²) in [7, 11) is 0. The second-order valence-electron chi connectivity index (χ2n) is 5.06. The molecular weight excluding hydrogens is 257 g/mol. The van der Waals surface area contributed by atoms with Crippen LogP contribution in [0.4, 0.5) is 13.2 Å². The third kappa shape index (κ3) is 2.02. The first-order valence-corrected chi connectivity index (χ1v) is 6.17. The molecule has 1 aliphatic heterocycles. The number of alkyl halides is 3. The van der Waals surface area contributed by atoms with Crippen LogP contribution in [0.2, 0.25) is 0 Å². The van der Waals surface area contributed by atoms with Gasteiger partial charge in [-0.2, -0.15) is 13.2 Å². The van der Waals surface area contributed by atoms with Crippen LogP contribution < -0.4 is 4.74 Å². The summed E-state index contributed by atoms with van der Waals surface area (Å²) in [6, 6.07) is 3.41. The average Bonchev–Trinajstić information content (AvgIpc) is 2.33. The van der Waals surface area contributed by atoms with Gasteiger partial charge in [0.05, 0.1) is 12.2 Å². The summed E-state index contributed by atoms with van der Waals surface area (Å²) < 4.78 is 43.9. The standard InChI is InChI=1S/C14H13F3O2/c15-14(16,17)10-2-3-12-11(6-10)9(8-18)7-13(19-12)4-1-5-13/h2-3,6-7,18H,1,4-5,8H2. The van der Waals surface area contributed by atoms with E-state index in [0.29, 0.717) is 16.9 Å². The van der Waals surface area contributed by atoms with E-state index in [9.17, 15) is 18.3 Å². The van der Waals surface area contributed by atoms with E-state index in [1.807, 2.05) is 0 Å².